The molecule has 0 saturated heterocycles. The highest BCUT2D eigenvalue weighted by atomic mass is 15.5. The molecular weight excluding hydrogens is 246 g/mol. The number of fused-ring (bicyclic) bond motifs is 1. The summed E-state index contributed by atoms with van der Waals surface area (Å²) in [6.45, 7) is 4.42. The van der Waals surface area contributed by atoms with Gasteiger partial charge in [-0.3, -0.25) is 5.01 Å². The molecule has 108 valence electrons. The zero-order chi connectivity index (χ0) is 14.4. The van der Waals surface area contributed by atoms with Crippen molar-refractivity contribution in [2.45, 2.75) is 44.7 Å². The van der Waals surface area contributed by atoms with Crippen molar-refractivity contribution >= 4 is 5.71 Å². The van der Waals surface area contributed by atoms with E-state index in [2.05, 4.69) is 68.2 Å². The van der Waals surface area contributed by atoms with Gasteiger partial charge in [0, 0.05) is 24.7 Å². The topological polar surface area (TPSA) is 18.8 Å². The monoisotopic (exact) mass is 271 g/mol. The Morgan fingerprint density at radius 3 is 2.65 bits per heavy atom. The van der Waals surface area contributed by atoms with Crippen LogP contribution in [-0.2, 0) is 6.42 Å². The van der Waals surface area contributed by atoms with Crippen molar-refractivity contribution in [1.82, 2.24) is 9.91 Å². The summed E-state index contributed by atoms with van der Waals surface area (Å²) in [6.07, 6.45) is 2.46. The molecule has 1 aromatic rings. The van der Waals surface area contributed by atoms with Gasteiger partial charge in [0.15, 0.2) is 0 Å². The van der Waals surface area contributed by atoms with Crippen molar-refractivity contribution in [2.24, 2.45) is 5.10 Å². The molecule has 2 aliphatic rings. The standard InChI is InChI=1S/C17H25N3/c1-11-17(12(2)20(5)18-11)14-7-6-13-8-9-16(19(3)4)15(13)10-14/h6-7,10,12,16-17H,8-9H2,1-5H3. The van der Waals surface area contributed by atoms with Crippen molar-refractivity contribution < 1.29 is 0 Å². The van der Waals surface area contributed by atoms with E-state index in [-0.39, 0.29) is 0 Å². The molecule has 1 aliphatic carbocycles. The fourth-order valence-electron chi connectivity index (χ4n) is 3.82. The molecule has 0 saturated carbocycles. The van der Waals surface area contributed by atoms with E-state index in [9.17, 15) is 0 Å². The molecule has 20 heavy (non-hydrogen) atoms. The van der Waals surface area contributed by atoms with Crippen LogP contribution in [0.15, 0.2) is 23.3 Å². The fraction of sp³-hybridized carbons (Fsp3) is 0.588. The molecular formula is C17H25N3. The highest BCUT2D eigenvalue weighted by Gasteiger charge is 2.32. The molecule has 0 radical (unpaired) electrons. The Balaban J connectivity index is 1.97. The minimum absolute atomic E-state index is 0.439. The number of rotatable bonds is 2. The zero-order valence-electron chi connectivity index (χ0n) is 13.2. The summed E-state index contributed by atoms with van der Waals surface area (Å²) in [5, 5.41) is 6.71. The van der Waals surface area contributed by atoms with Crippen LogP contribution in [0.5, 0.6) is 0 Å². The number of benzene rings is 1. The molecule has 3 atom stereocenters. The van der Waals surface area contributed by atoms with E-state index in [0.717, 1.165) is 0 Å². The van der Waals surface area contributed by atoms with E-state index in [4.69, 9.17) is 0 Å². The largest absolute Gasteiger partial charge is 0.302 e. The van der Waals surface area contributed by atoms with Gasteiger partial charge in [-0.25, -0.2) is 0 Å². The van der Waals surface area contributed by atoms with Crippen LogP contribution in [0.4, 0.5) is 0 Å². The number of nitrogens with zero attached hydrogens (tertiary/aromatic N) is 3. The maximum absolute atomic E-state index is 4.61. The smallest absolute Gasteiger partial charge is 0.0560 e. The van der Waals surface area contributed by atoms with Crippen LogP contribution in [0.3, 0.4) is 0 Å². The van der Waals surface area contributed by atoms with Crippen LogP contribution in [0.1, 0.15) is 48.9 Å². The van der Waals surface area contributed by atoms with Gasteiger partial charge >= 0.3 is 0 Å². The Morgan fingerprint density at radius 2 is 2.05 bits per heavy atom. The normalized spacial score (nSPS) is 29.0. The Kier molecular flexibility index (Phi) is 3.33. The number of hydrazone groups is 1. The van der Waals surface area contributed by atoms with Crippen LogP contribution in [0, 0.1) is 0 Å². The predicted octanol–water partition coefficient (Wildman–Crippen LogP) is 3.03. The molecule has 0 amide bonds. The molecule has 3 unspecified atom stereocenters. The van der Waals surface area contributed by atoms with Crippen LogP contribution < -0.4 is 0 Å². The van der Waals surface area contributed by atoms with Crippen LogP contribution in [0.2, 0.25) is 0 Å². The number of hydrogen-bond acceptors (Lipinski definition) is 3. The lowest BCUT2D eigenvalue weighted by atomic mass is 9.87. The first-order chi connectivity index (χ1) is 9.49. The summed E-state index contributed by atoms with van der Waals surface area (Å²) in [5.74, 6) is 0.439. The second-order valence-corrected chi connectivity index (χ2v) is 6.51. The van der Waals surface area contributed by atoms with Gasteiger partial charge in [-0.15, -0.1) is 0 Å². The van der Waals surface area contributed by atoms with Gasteiger partial charge in [-0.1, -0.05) is 18.2 Å². The van der Waals surface area contributed by atoms with Crippen molar-refractivity contribution in [1.29, 1.82) is 0 Å². The molecule has 0 aromatic heterocycles. The molecule has 0 spiro atoms. The maximum atomic E-state index is 4.61. The average Bonchev–Trinajstić information content (AvgIpc) is 2.91. The van der Waals surface area contributed by atoms with Crippen molar-refractivity contribution in [3.05, 3.63) is 34.9 Å². The highest BCUT2D eigenvalue weighted by Crippen LogP contribution is 2.38. The van der Waals surface area contributed by atoms with E-state index >= 15 is 0 Å². The van der Waals surface area contributed by atoms with Crippen molar-refractivity contribution in [3.63, 3.8) is 0 Å². The molecule has 3 rings (SSSR count). The number of likely N-dealkylation sites (N-methyl/N-ethyl adjacent to an activating group) is 1. The lowest BCUT2D eigenvalue weighted by Gasteiger charge is -2.24. The Morgan fingerprint density at radius 1 is 1.30 bits per heavy atom. The Hall–Kier alpha value is -1.35. The third-order valence-corrected chi connectivity index (χ3v) is 5.04. The summed E-state index contributed by atoms with van der Waals surface area (Å²) in [6, 6.07) is 8.12. The minimum atomic E-state index is 0.439. The summed E-state index contributed by atoms with van der Waals surface area (Å²) in [7, 11) is 6.44. The lowest BCUT2D eigenvalue weighted by molar-refractivity contribution is 0.288. The summed E-state index contributed by atoms with van der Waals surface area (Å²) < 4.78 is 0. The summed E-state index contributed by atoms with van der Waals surface area (Å²) in [4.78, 5) is 2.35. The molecule has 0 bridgehead atoms. The van der Waals surface area contributed by atoms with Gasteiger partial charge < -0.3 is 4.90 Å². The lowest BCUT2D eigenvalue weighted by Crippen LogP contribution is -2.26. The molecule has 0 fully saturated rings. The summed E-state index contributed by atoms with van der Waals surface area (Å²) >= 11 is 0. The van der Waals surface area contributed by atoms with Crippen LogP contribution >= 0.6 is 0 Å². The fourth-order valence-corrected chi connectivity index (χ4v) is 3.82. The van der Waals surface area contributed by atoms with E-state index in [0.29, 0.717) is 18.0 Å². The first kappa shape index (κ1) is 13.6. The maximum Gasteiger partial charge on any atom is 0.0560 e. The molecule has 0 N–H and O–H groups in total. The van der Waals surface area contributed by atoms with E-state index in [1.165, 1.54) is 35.2 Å². The van der Waals surface area contributed by atoms with Crippen molar-refractivity contribution in [2.75, 3.05) is 21.1 Å². The van der Waals surface area contributed by atoms with Gasteiger partial charge in [0.2, 0.25) is 0 Å². The molecule has 1 aliphatic heterocycles. The van der Waals surface area contributed by atoms with Gasteiger partial charge in [-0.2, -0.15) is 5.10 Å². The quantitative estimate of drug-likeness (QED) is 0.823. The molecule has 1 aromatic carbocycles. The SMILES string of the molecule is CC1=NN(C)C(C)C1c1ccc2c(c1)C(N(C)C)CC2. The highest BCUT2D eigenvalue weighted by molar-refractivity contribution is 5.90. The van der Waals surface area contributed by atoms with E-state index < -0.39 is 0 Å². The van der Waals surface area contributed by atoms with Crippen LogP contribution in [0.25, 0.3) is 0 Å². The predicted molar refractivity (Wildman–Crippen MR) is 84.3 cm³/mol. The van der Waals surface area contributed by atoms with E-state index in [1.807, 2.05) is 0 Å². The Labute approximate surface area is 122 Å². The van der Waals surface area contributed by atoms with Gasteiger partial charge in [0.25, 0.3) is 0 Å². The third kappa shape index (κ3) is 2.05. The minimum Gasteiger partial charge on any atom is -0.302 e. The van der Waals surface area contributed by atoms with E-state index in [1.54, 1.807) is 0 Å². The van der Waals surface area contributed by atoms with Crippen LogP contribution in [-0.4, -0.2) is 42.8 Å². The molecule has 3 heteroatoms. The molecule has 3 nitrogen and oxygen atoms in total. The number of aryl methyl sites for hydroxylation is 1. The average molecular weight is 271 g/mol. The second-order valence-electron chi connectivity index (χ2n) is 6.51. The van der Waals surface area contributed by atoms with Crippen molar-refractivity contribution in [3.8, 4) is 0 Å². The zero-order valence-corrected chi connectivity index (χ0v) is 13.2. The van der Waals surface area contributed by atoms with Gasteiger partial charge in [-0.05, 0) is 57.5 Å². The molecule has 1 heterocycles. The number of hydrogen-bond donors (Lipinski definition) is 0. The Bertz CT molecular complexity index is 547. The van der Waals surface area contributed by atoms with Gasteiger partial charge in [0.05, 0.1) is 6.04 Å². The van der Waals surface area contributed by atoms with Gasteiger partial charge in [0.1, 0.15) is 0 Å². The first-order valence-corrected chi connectivity index (χ1v) is 7.56. The third-order valence-electron chi connectivity index (χ3n) is 5.04. The second kappa shape index (κ2) is 4.88. The summed E-state index contributed by atoms with van der Waals surface area (Å²) in [5.41, 5.74) is 5.72. The first-order valence-electron chi connectivity index (χ1n) is 7.56.